The van der Waals surface area contributed by atoms with Crippen LogP contribution < -0.4 is 0 Å². The number of nitrogens with zero attached hydrogens (tertiary/aromatic N) is 1. The van der Waals surface area contributed by atoms with Crippen LogP contribution in [0.4, 0.5) is 0 Å². The molecule has 0 saturated carbocycles. The van der Waals surface area contributed by atoms with Crippen molar-refractivity contribution in [3.63, 3.8) is 0 Å². The minimum Gasteiger partial charge on any atom is -0.468 e. The van der Waals surface area contributed by atoms with Crippen LogP contribution in [0.15, 0.2) is 0 Å². The minimum atomic E-state index is -2.88. The molecule has 0 radical (unpaired) electrons. The van der Waals surface area contributed by atoms with Gasteiger partial charge in [-0.1, -0.05) is 0 Å². The average Bonchev–Trinajstić information content (AvgIpc) is 2.82. The van der Waals surface area contributed by atoms with E-state index in [9.17, 15) is 13.2 Å². The molecule has 2 rings (SSSR count). The number of sulfone groups is 1. The van der Waals surface area contributed by atoms with Crippen molar-refractivity contribution in [2.24, 2.45) is 0 Å². The number of esters is 1. The van der Waals surface area contributed by atoms with Crippen LogP contribution in [0.2, 0.25) is 0 Å². The molecule has 2 saturated heterocycles. The van der Waals surface area contributed by atoms with Gasteiger partial charge in [-0.25, -0.2) is 8.42 Å². The fourth-order valence-electron chi connectivity index (χ4n) is 2.65. The summed E-state index contributed by atoms with van der Waals surface area (Å²) in [5.41, 5.74) is 0. The molecule has 2 aliphatic rings. The summed E-state index contributed by atoms with van der Waals surface area (Å²) in [6, 6.07) is -0.222. The molecule has 6 heteroatoms. The number of ether oxygens (including phenoxy) is 1. The van der Waals surface area contributed by atoms with Crippen molar-refractivity contribution in [2.45, 2.75) is 31.3 Å². The summed E-state index contributed by atoms with van der Waals surface area (Å²) in [4.78, 5) is 13.5. The molecule has 0 aromatic rings. The quantitative estimate of drug-likeness (QED) is 0.633. The van der Waals surface area contributed by atoms with Crippen LogP contribution in [-0.4, -0.2) is 56.5 Å². The molecule has 2 heterocycles. The highest BCUT2D eigenvalue weighted by molar-refractivity contribution is 7.91. The summed E-state index contributed by atoms with van der Waals surface area (Å²) in [6.45, 7) is 0.806. The zero-order valence-corrected chi connectivity index (χ0v) is 10.2. The first-order valence-electron chi connectivity index (χ1n) is 5.57. The van der Waals surface area contributed by atoms with Gasteiger partial charge in [0.05, 0.1) is 18.6 Å². The number of hydrogen-bond donors (Lipinski definition) is 0. The lowest BCUT2D eigenvalue weighted by molar-refractivity contribution is -0.146. The highest BCUT2D eigenvalue weighted by Crippen LogP contribution is 2.27. The highest BCUT2D eigenvalue weighted by Gasteiger charge is 2.40. The number of carbonyl (C=O) groups is 1. The number of methoxy groups -OCH3 is 1. The van der Waals surface area contributed by atoms with Gasteiger partial charge in [-0.05, 0) is 25.8 Å². The first-order chi connectivity index (χ1) is 7.53. The van der Waals surface area contributed by atoms with E-state index in [0.29, 0.717) is 6.42 Å². The standard InChI is InChI=1S/C10H17NO4S/c1-15-10(12)9-3-2-5-11(9)8-4-6-16(13,14)7-8/h8-9H,2-7H2,1H3. The molecule has 2 atom stereocenters. The van der Waals surface area contributed by atoms with Crippen LogP contribution in [-0.2, 0) is 19.4 Å². The molecule has 2 unspecified atom stereocenters. The molecule has 0 amide bonds. The van der Waals surface area contributed by atoms with E-state index >= 15 is 0 Å². The Bertz CT molecular complexity index is 378. The topological polar surface area (TPSA) is 63.7 Å². The highest BCUT2D eigenvalue weighted by atomic mass is 32.2. The van der Waals surface area contributed by atoms with Crippen molar-refractivity contribution in [2.75, 3.05) is 25.2 Å². The maximum absolute atomic E-state index is 11.5. The number of likely N-dealkylation sites (tertiary alicyclic amines) is 1. The van der Waals surface area contributed by atoms with Crippen molar-refractivity contribution < 1.29 is 17.9 Å². The molecule has 0 N–H and O–H groups in total. The molecule has 0 aliphatic carbocycles. The molecular formula is C10H17NO4S. The molecular weight excluding hydrogens is 230 g/mol. The zero-order chi connectivity index (χ0) is 11.8. The van der Waals surface area contributed by atoms with E-state index in [1.165, 1.54) is 7.11 Å². The Morgan fingerprint density at radius 2 is 2.12 bits per heavy atom. The number of rotatable bonds is 2. The molecule has 16 heavy (non-hydrogen) atoms. The zero-order valence-electron chi connectivity index (χ0n) is 9.39. The van der Waals surface area contributed by atoms with Gasteiger partial charge in [0.2, 0.25) is 0 Å². The predicted octanol–water partition coefficient (Wildman–Crippen LogP) is -0.189. The monoisotopic (exact) mass is 247 g/mol. The molecule has 0 aromatic heterocycles. The third kappa shape index (κ3) is 2.22. The molecule has 2 fully saturated rings. The second-order valence-corrected chi connectivity index (χ2v) is 6.70. The van der Waals surface area contributed by atoms with Crippen LogP contribution in [0.25, 0.3) is 0 Å². The van der Waals surface area contributed by atoms with Gasteiger partial charge in [-0.15, -0.1) is 0 Å². The van der Waals surface area contributed by atoms with Crippen molar-refractivity contribution in [1.82, 2.24) is 4.90 Å². The lowest BCUT2D eigenvalue weighted by atomic mass is 10.1. The average molecular weight is 247 g/mol. The number of hydrogen-bond acceptors (Lipinski definition) is 5. The SMILES string of the molecule is COC(=O)C1CCCN1C1CCS(=O)(=O)C1. The Hall–Kier alpha value is -0.620. The van der Waals surface area contributed by atoms with E-state index in [2.05, 4.69) is 0 Å². The maximum atomic E-state index is 11.5. The molecule has 2 aliphatic heterocycles. The Kier molecular flexibility index (Phi) is 3.21. The summed E-state index contributed by atoms with van der Waals surface area (Å²) in [7, 11) is -1.50. The van der Waals surface area contributed by atoms with Crippen molar-refractivity contribution in [3.8, 4) is 0 Å². The summed E-state index contributed by atoms with van der Waals surface area (Å²) in [6.07, 6.45) is 2.37. The van der Waals surface area contributed by atoms with Crippen LogP contribution in [0.3, 0.4) is 0 Å². The smallest absolute Gasteiger partial charge is 0.323 e. The van der Waals surface area contributed by atoms with E-state index < -0.39 is 9.84 Å². The van der Waals surface area contributed by atoms with Gasteiger partial charge in [0.1, 0.15) is 6.04 Å². The van der Waals surface area contributed by atoms with E-state index in [-0.39, 0.29) is 29.6 Å². The van der Waals surface area contributed by atoms with Crippen molar-refractivity contribution >= 4 is 15.8 Å². The lowest BCUT2D eigenvalue weighted by Crippen LogP contribution is -2.44. The van der Waals surface area contributed by atoms with Gasteiger partial charge in [0, 0.05) is 6.04 Å². The Morgan fingerprint density at radius 3 is 2.69 bits per heavy atom. The van der Waals surface area contributed by atoms with Crippen LogP contribution in [0.5, 0.6) is 0 Å². The molecule has 0 aromatic carbocycles. The van der Waals surface area contributed by atoms with Crippen LogP contribution in [0, 0.1) is 0 Å². The van der Waals surface area contributed by atoms with Gasteiger partial charge >= 0.3 is 5.97 Å². The first-order valence-corrected chi connectivity index (χ1v) is 7.39. The normalized spacial score (nSPS) is 34.1. The predicted molar refractivity (Wildman–Crippen MR) is 58.8 cm³/mol. The Labute approximate surface area is 95.7 Å². The second-order valence-electron chi connectivity index (χ2n) is 4.48. The third-order valence-electron chi connectivity index (χ3n) is 3.44. The fraction of sp³-hybridized carbons (Fsp3) is 0.900. The molecule has 0 bridgehead atoms. The second kappa shape index (κ2) is 4.33. The summed E-state index contributed by atoms with van der Waals surface area (Å²) >= 11 is 0. The largest absolute Gasteiger partial charge is 0.468 e. The maximum Gasteiger partial charge on any atom is 0.323 e. The summed E-state index contributed by atoms with van der Waals surface area (Å²) in [5.74, 6) is 0.213. The van der Waals surface area contributed by atoms with E-state index in [1.54, 1.807) is 0 Å². The third-order valence-corrected chi connectivity index (χ3v) is 5.20. The molecule has 92 valence electrons. The fourth-order valence-corrected chi connectivity index (χ4v) is 4.39. The van der Waals surface area contributed by atoms with Crippen LogP contribution >= 0.6 is 0 Å². The lowest BCUT2D eigenvalue weighted by Gasteiger charge is -2.27. The molecule has 5 nitrogen and oxygen atoms in total. The van der Waals surface area contributed by atoms with E-state index in [1.807, 2.05) is 4.90 Å². The van der Waals surface area contributed by atoms with Gasteiger partial charge in [-0.3, -0.25) is 9.69 Å². The van der Waals surface area contributed by atoms with Gasteiger partial charge < -0.3 is 4.74 Å². The summed E-state index contributed by atoms with van der Waals surface area (Å²) in [5, 5.41) is 0. The van der Waals surface area contributed by atoms with Crippen molar-refractivity contribution in [3.05, 3.63) is 0 Å². The molecule has 0 spiro atoms. The van der Waals surface area contributed by atoms with Gasteiger partial charge in [-0.2, -0.15) is 0 Å². The number of carbonyl (C=O) groups excluding carboxylic acids is 1. The minimum absolute atomic E-state index is 0.0107. The van der Waals surface area contributed by atoms with E-state index in [0.717, 1.165) is 19.4 Å². The Balaban J connectivity index is 2.07. The first kappa shape index (κ1) is 11.9. The van der Waals surface area contributed by atoms with Gasteiger partial charge in [0.25, 0.3) is 0 Å². The van der Waals surface area contributed by atoms with Crippen LogP contribution in [0.1, 0.15) is 19.3 Å². The van der Waals surface area contributed by atoms with Gasteiger partial charge in [0.15, 0.2) is 9.84 Å². The Morgan fingerprint density at radius 1 is 1.38 bits per heavy atom. The summed E-state index contributed by atoms with van der Waals surface area (Å²) < 4.78 is 27.5. The van der Waals surface area contributed by atoms with Crippen molar-refractivity contribution in [1.29, 1.82) is 0 Å². The van der Waals surface area contributed by atoms with E-state index in [4.69, 9.17) is 4.74 Å².